The summed E-state index contributed by atoms with van der Waals surface area (Å²) in [6.07, 6.45) is 2.49. The van der Waals surface area contributed by atoms with Gasteiger partial charge in [0.25, 0.3) is 11.8 Å². The van der Waals surface area contributed by atoms with Crippen molar-refractivity contribution in [3.05, 3.63) is 35.4 Å². The molecule has 1 aromatic carbocycles. The molecular formula is C18H24N2O3. The molecule has 0 bridgehead atoms. The van der Waals surface area contributed by atoms with Crippen LogP contribution in [0.5, 0.6) is 0 Å². The number of hydrogen-bond donors (Lipinski definition) is 0. The zero-order valence-corrected chi connectivity index (χ0v) is 13.7. The molecule has 5 heteroatoms. The number of carbonyl (C=O) groups excluding carboxylic acids is 2. The normalized spacial score (nSPS) is 21.5. The van der Waals surface area contributed by atoms with Crippen LogP contribution in [-0.2, 0) is 16.0 Å². The summed E-state index contributed by atoms with van der Waals surface area (Å²) in [4.78, 5) is 28.5. The monoisotopic (exact) mass is 316 g/mol. The Morgan fingerprint density at radius 2 is 1.74 bits per heavy atom. The third-order valence-corrected chi connectivity index (χ3v) is 4.69. The number of aryl methyl sites for hydroxylation is 1. The first-order valence-corrected chi connectivity index (χ1v) is 8.47. The van der Waals surface area contributed by atoms with Crippen molar-refractivity contribution in [2.45, 2.75) is 32.3 Å². The highest BCUT2D eigenvalue weighted by molar-refractivity contribution is 5.94. The summed E-state index contributed by atoms with van der Waals surface area (Å²) in [5, 5.41) is 0. The maximum atomic E-state index is 12.5. The average Bonchev–Trinajstić information content (AvgIpc) is 3.15. The zero-order chi connectivity index (χ0) is 16.2. The van der Waals surface area contributed by atoms with Crippen molar-refractivity contribution >= 4 is 11.8 Å². The van der Waals surface area contributed by atoms with Crippen molar-refractivity contribution < 1.29 is 14.3 Å². The van der Waals surface area contributed by atoms with Gasteiger partial charge in [-0.15, -0.1) is 0 Å². The first-order chi connectivity index (χ1) is 11.2. The lowest BCUT2D eigenvalue weighted by Crippen LogP contribution is -2.52. The van der Waals surface area contributed by atoms with Gasteiger partial charge in [-0.1, -0.05) is 19.1 Å². The molecule has 1 aromatic rings. The minimum Gasteiger partial charge on any atom is -0.368 e. The second-order valence-electron chi connectivity index (χ2n) is 6.17. The van der Waals surface area contributed by atoms with Gasteiger partial charge in [0.05, 0.1) is 0 Å². The first kappa shape index (κ1) is 16.0. The van der Waals surface area contributed by atoms with E-state index in [1.807, 2.05) is 34.1 Å². The summed E-state index contributed by atoms with van der Waals surface area (Å²) < 4.78 is 5.46. The lowest BCUT2D eigenvalue weighted by molar-refractivity contribution is -0.142. The van der Waals surface area contributed by atoms with Gasteiger partial charge in [0.2, 0.25) is 0 Å². The molecule has 2 amide bonds. The van der Waals surface area contributed by atoms with Crippen LogP contribution < -0.4 is 0 Å². The Hall–Kier alpha value is -1.88. The Bertz CT molecular complexity index is 556. The molecule has 0 aromatic heterocycles. The standard InChI is InChI=1S/C18H24N2O3/c1-2-14-5-7-15(8-6-14)17(21)19-9-11-20(12-10-19)18(22)16-4-3-13-23-16/h5-8,16H,2-4,9-13H2,1H3/t16-/m1/s1. The van der Waals surface area contributed by atoms with Gasteiger partial charge in [-0.2, -0.15) is 0 Å². The fourth-order valence-electron chi connectivity index (χ4n) is 3.17. The zero-order valence-electron chi connectivity index (χ0n) is 13.7. The Morgan fingerprint density at radius 1 is 1.09 bits per heavy atom. The molecule has 0 radical (unpaired) electrons. The predicted molar refractivity (Wildman–Crippen MR) is 87.3 cm³/mol. The molecule has 23 heavy (non-hydrogen) atoms. The molecule has 2 saturated heterocycles. The highest BCUT2D eigenvalue weighted by atomic mass is 16.5. The van der Waals surface area contributed by atoms with Crippen LogP contribution in [-0.4, -0.2) is 60.5 Å². The molecule has 1 atom stereocenters. The van der Waals surface area contributed by atoms with Crippen molar-refractivity contribution in [2.24, 2.45) is 0 Å². The van der Waals surface area contributed by atoms with E-state index in [0.29, 0.717) is 32.8 Å². The van der Waals surface area contributed by atoms with Gasteiger partial charge in [0.1, 0.15) is 6.10 Å². The minimum atomic E-state index is -0.265. The van der Waals surface area contributed by atoms with E-state index in [1.54, 1.807) is 0 Å². The number of rotatable bonds is 3. The summed E-state index contributed by atoms with van der Waals surface area (Å²) in [5.41, 5.74) is 1.95. The number of carbonyl (C=O) groups is 2. The van der Waals surface area contributed by atoms with Gasteiger partial charge in [-0.05, 0) is 37.0 Å². The molecule has 0 saturated carbocycles. The van der Waals surface area contributed by atoms with E-state index in [9.17, 15) is 9.59 Å². The van der Waals surface area contributed by atoms with E-state index in [1.165, 1.54) is 5.56 Å². The Labute approximate surface area is 137 Å². The maximum Gasteiger partial charge on any atom is 0.253 e. The molecule has 0 spiro atoms. The molecule has 5 nitrogen and oxygen atoms in total. The van der Waals surface area contributed by atoms with Crippen LogP contribution in [0.15, 0.2) is 24.3 Å². The second-order valence-corrected chi connectivity index (χ2v) is 6.17. The number of amides is 2. The van der Waals surface area contributed by atoms with Crippen LogP contribution in [0.25, 0.3) is 0 Å². The van der Waals surface area contributed by atoms with Gasteiger partial charge in [-0.25, -0.2) is 0 Å². The first-order valence-electron chi connectivity index (χ1n) is 8.47. The fraction of sp³-hybridized carbons (Fsp3) is 0.556. The van der Waals surface area contributed by atoms with Crippen LogP contribution in [0, 0.1) is 0 Å². The summed E-state index contributed by atoms with van der Waals surface area (Å²) in [6, 6.07) is 7.80. The van der Waals surface area contributed by atoms with Crippen LogP contribution in [0.4, 0.5) is 0 Å². The number of piperazine rings is 1. The van der Waals surface area contributed by atoms with Crippen molar-refractivity contribution in [3.8, 4) is 0 Å². The minimum absolute atomic E-state index is 0.0527. The topological polar surface area (TPSA) is 49.9 Å². The molecule has 2 aliphatic rings. The Morgan fingerprint density at radius 3 is 2.30 bits per heavy atom. The fourth-order valence-corrected chi connectivity index (χ4v) is 3.17. The molecular weight excluding hydrogens is 292 g/mol. The Kier molecular flexibility index (Phi) is 4.96. The molecule has 124 valence electrons. The van der Waals surface area contributed by atoms with E-state index < -0.39 is 0 Å². The van der Waals surface area contributed by atoms with E-state index >= 15 is 0 Å². The molecule has 2 heterocycles. The van der Waals surface area contributed by atoms with Crippen LogP contribution in [0.1, 0.15) is 35.7 Å². The molecule has 0 unspecified atom stereocenters. The molecule has 2 aliphatic heterocycles. The number of ether oxygens (including phenoxy) is 1. The third-order valence-electron chi connectivity index (χ3n) is 4.69. The van der Waals surface area contributed by atoms with Crippen molar-refractivity contribution in [3.63, 3.8) is 0 Å². The average molecular weight is 316 g/mol. The molecule has 2 fully saturated rings. The Balaban J connectivity index is 1.55. The largest absolute Gasteiger partial charge is 0.368 e. The second kappa shape index (κ2) is 7.13. The van der Waals surface area contributed by atoms with Gasteiger partial charge >= 0.3 is 0 Å². The molecule has 3 rings (SSSR count). The SMILES string of the molecule is CCc1ccc(C(=O)N2CCN(C(=O)[C@H]3CCCO3)CC2)cc1. The third kappa shape index (κ3) is 3.55. The summed E-state index contributed by atoms with van der Waals surface area (Å²) in [7, 11) is 0. The van der Waals surface area contributed by atoms with Crippen molar-refractivity contribution in [1.82, 2.24) is 9.80 Å². The summed E-state index contributed by atoms with van der Waals surface area (Å²) >= 11 is 0. The smallest absolute Gasteiger partial charge is 0.253 e. The predicted octanol–water partition coefficient (Wildman–Crippen LogP) is 1.71. The van der Waals surface area contributed by atoms with Gasteiger partial charge in [0.15, 0.2) is 0 Å². The maximum absolute atomic E-state index is 12.5. The van der Waals surface area contributed by atoms with E-state index in [-0.39, 0.29) is 17.9 Å². The summed E-state index contributed by atoms with van der Waals surface area (Å²) in [5.74, 6) is 0.138. The van der Waals surface area contributed by atoms with Crippen LogP contribution >= 0.6 is 0 Å². The van der Waals surface area contributed by atoms with Gasteiger partial charge in [0, 0.05) is 38.3 Å². The highest BCUT2D eigenvalue weighted by Gasteiger charge is 2.31. The number of nitrogens with zero attached hydrogens (tertiary/aromatic N) is 2. The van der Waals surface area contributed by atoms with Crippen molar-refractivity contribution in [1.29, 1.82) is 0 Å². The number of hydrogen-bond acceptors (Lipinski definition) is 3. The molecule has 0 N–H and O–H groups in total. The highest BCUT2D eigenvalue weighted by Crippen LogP contribution is 2.17. The van der Waals surface area contributed by atoms with E-state index in [4.69, 9.17) is 4.74 Å². The van der Waals surface area contributed by atoms with E-state index in [0.717, 1.165) is 24.8 Å². The molecule has 0 aliphatic carbocycles. The quantitative estimate of drug-likeness (QED) is 0.853. The number of benzene rings is 1. The van der Waals surface area contributed by atoms with Crippen molar-refractivity contribution in [2.75, 3.05) is 32.8 Å². The van der Waals surface area contributed by atoms with Gasteiger partial charge in [-0.3, -0.25) is 9.59 Å². The van der Waals surface area contributed by atoms with E-state index in [2.05, 4.69) is 6.92 Å². The summed E-state index contributed by atoms with van der Waals surface area (Å²) in [6.45, 7) is 5.15. The van der Waals surface area contributed by atoms with Crippen LogP contribution in [0.2, 0.25) is 0 Å². The van der Waals surface area contributed by atoms with Gasteiger partial charge < -0.3 is 14.5 Å². The lowest BCUT2D eigenvalue weighted by atomic mass is 10.1. The lowest BCUT2D eigenvalue weighted by Gasteiger charge is -2.35. The van der Waals surface area contributed by atoms with Crippen LogP contribution in [0.3, 0.4) is 0 Å².